The smallest absolute Gasteiger partial charge is 0.0494 e. The van der Waals surface area contributed by atoms with E-state index in [4.69, 9.17) is 4.74 Å². The van der Waals surface area contributed by atoms with Crippen LogP contribution in [0.15, 0.2) is 12.2 Å². The van der Waals surface area contributed by atoms with E-state index < -0.39 is 0 Å². The highest BCUT2D eigenvalue weighted by Gasteiger charge is 2.30. The lowest BCUT2D eigenvalue weighted by Crippen LogP contribution is -2.26. The van der Waals surface area contributed by atoms with Gasteiger partial charge in [-0.1, -0.05) is 19.1 Å². The highest BCUT2D eigenvalue weighted by Crippen LogP contribution is 2.41. The van der Waals surface area contributed by atoms with Gasteiger partial charge >= 0.3 is 0 Å². The third kappa shape index (κ3) is 4.91. The molecule has 0 radical (unpaired) electrons. The second kappa shape index (κ2) is 8.87. The standard InChI is InChI=1S/C19H34O/c1-3-5-16-6-10-18(11-7-16)19-12-8-17(9-13-19)15-20-14-4-2/h3,5,16-19H,4,6-15H2,1-2H3. The summed E-state index contributed by atoms with van der Waals surface area (Å²) in [6.07, 6.45) is 17.5. The van der Waals surface area contributed by atoms with Crippen molar-refractivity contribution in [3.05, 3.63) is 12.2 Å². The number of allylic oxidation sites excluding steroid dienone is 2. The topological polar surface area (TPSA) is 9.23 Å². The molecule has 1 heteroatoms. The fraction of sp³-hybridized carbons (Fsp3) is 0.895. The fourth-order valence-corrected chi connectivity index (χ4v) is 4.30. The van der Waals surface area contributed by atoms with Crippen molar-refractivity contribution in [3.63, 3.8) is 0 Å². The Balaban J connectivity index is 1.64. The minimum Gasteiger partial charge on any atom is -0.381 e. The van der Waals surface area contributed by atoms with Gasteiger partial charge in [-0.2, -0.15) is 0 Å². The van der Waals surface area contributed by atoms with Crippen molar-refractivity contribution in [1.29, 1.82) is 0 Å². The summed E-state index contributed by atoms with van der Waals surface area (Å²) < 4.78 is 5.74. The average molecular weight is 278 g/mol. The molecule has 0 saturated heterocycles. The van der Waals surface area contributed by atoms with Crippen molar-refractivity contribution in [1.82, 2.24) is 0 Å². The maximum absolute atomic E-state index is 5.74. The molecule has 2 saturated carbocycles. The first-order valence-corrected chi connectivity index (χ1v) is 9.04. The van der Waals surface area contributed by atoms with Gasteiger partial charge in [0.25, 0.3) is 0 Å². The molecular weight excluding hydrogens is 244 g/mol. The Labute approximate surface area is 126 Å². The van der Waals surface area contributed by atoms with Gasteiger partial charge < -0.3 is 4.74 Å². The Morgan fingerprint density at radius 3 is 2.05 bits per heavy atom. The van der Waals surface area contributed by atoms with Gasteiger partial charge in [0.2, 0.25) is 0 Å². The summed E-state index contributed by atoms with van der Waals surface area (Å²) in [4.78, 5) is 0. The molecule has 0 unspecified atom stereocenters. The Morgan fingerprint density at radius 1 is 0.900 bits per heavy atom. The largest absolute Gasteiger partial charge is 0.381 e. The van der Waals surface area contributed by atoms with Crippen LogP contribution in [0.2, 0.25) is 0 Å². The molecule has 0 spiro atoms. The minimum absolute atomic E-state index is 0.858. The van der Waals surface area contributed by atoms with Crippen LogP contribution in [0, 0.1) is 23.7 Å². The number of ether oxygens (including phenoxy) is 1. The van der Waals surface area contributed by atoms with E-state index in [0.717, 1.165) is 43.3 Å². The molecule has 0 N–H and O–H groups in total. The van der Waals surface area contributed by atoms with E-state index in [-0.39, 0.29) is 0 Å². The first kappa shape index (κ1) is 16.1. The van der Waals surface area contributed by atoms with Crippen LogP contribution in [-0.4, -0.2) is 13.2 Å². The zero-order valence-electron chi connectivity index (χ0n) is 13.7. The second-order valence-electron chi connectivity index (χ2n) is 7.06. The molecule has 0 aromatic heterocycles. The van der Waals surface area contributed by atoms with Gasteiger partial charge in [0.1, 0.15) is 0 Å². The summed E-state index contributed by atoms with van der Waals surface area (Å²) in [5.74, 6) is 3.81. The van der Waals surface area contributed by atoms with E-state index in [9.17, 15) is 0 Å². The van der Waals surface area contributed by atoms with Crippen LogP contribution in [-0.2, 0) is 4.74 Å². The van der Waals surface area contributed by atoms with Gasteiger partial charge in [0.15, 0.2) is 0 Å². The summed E-state index contributed by atoms with van der Waals surface area (Å²) in [7, 11) is 0. The van der Waals surface area contributed by atoms with Crippen LogP contribution < -0.4 is 0 Å². The predicted molar refractivity (Wildman–Crippen MR) is 86.8 cm³/mol. The second-order valence-corrected chi connectivity index (χ2v) is 7.06. The van der Waals surface area contributed by atoms with Gasteiger partial charge in [-0.25, -0.2) is 0 Å². The van der Waals surface area contributed by atoms with Crippen LogP contribution >= 0.6 is 0 Å². The van der Waals surface area contributed by atoms with Crippen molar-refractivity contribution < 1.29 is 4.74 Å². The molecule has 116 valence electrons. The molecular formula is C19H34O. The quantitative estimate of drug-likeness (QED) is 0.454. The summed E-state index contributed by atoms with van der Waals surface area (Å²) in [6, 6.07) is 0. The molecule has 0 heterocycles. The van der Waals surface area contributed by atoms with Crippen molar-refractivity contribution >= 4 is 0 Å². The van der Waals surface area contributed by atoms with Crippen LogP contribution in [0.4, 0.5) is 0 Å². The van der Waals surface area contributed by atoms with E-state index in [1.807, 2.05) is 0 Å². The van der Waals surface area contributed by atoms with Crippen molar-refractivity contribution in [2.45, 2.75) is 71.6 Å². The monoisotopic (exact) mass is 278 g/mol. The molecule has 0 aromatic carbocycles. The Bertz CT molecular complexity index is 267. The zero-order chi connectivity index (χ0) is 14.2. The van der Waals surface area contributed by atoms with Crippen molar-refractivity contribution in [2.24, 2.45) is 23.7 Å². The lowest BCUT2D eigenvalue weighted by molar-refractivity contribution is 0.0662. The van der Waals surface area contributed by atoms with Gasteiger partial charge in [-0.3, -0.25) is 0 Å². The Kier molecular flexibility index (Phi) is 7.13. The predicted octanol–water partition coefficient (Wildman–Crippen LogP) is 5.60. The first-order valence-electron chi connectivity index (χ1n) is 9.04. The summed E-state index contributed by atoms with van der Waals surface area (Å²) in [6.45, 7) is 6.33. The lowest BCUT2D eigenvalue weighted by Gasteiger charge is -2.37. The van der Waals surface area contributed by atoms with E-state index in [1.165, 1.54) is 51.4 Å². The van der Waals surface area contributed by atoms with E-state index in [2.05, 4.69) is 26.0 Å². The summed E-state index contributed by atoms with van der Waals surface area (Å²) >= 11 is 0. The fourth-order valence-electron chi connectivity index (χ4n) is 4.30. The molecule has 0 amide bonds. The molecule has 2 aliphatic rings. The third-order valence-corrected chi connectivity index (χ3v) is 5.54. The van der Waals surface area contributed by atoms with Crippen LogP contribution in [0.3, 0.4) is 0 Å². The molecule has 2 fully saturated rings. The van der Waals surface area contributed by atoms with E-state index in [0.29, 0.717) is 0 Å². The molecule has 1 nitrogen and oxygen atoms in total. The van der Waals surface area contributed by atoms with Crippen LogP contribution in [0.5, 0.6) is 0 Å². The van der Waals surface area contributed by atoms with E-state index >= 15 is 0 Å². The molecule has 2 rings (SSSR count). The minimum atomic E-state index is 0.858. The molecule has 20 heavy (non-hydrogen) atoms. The SMILES string of the molecule is CC=CC1CCC(C2CCC(COCCC)CC2)CC1. The average Bonchev–Trinajstić information content (AvgIpc) is 2.49. The van der Waals surface area contributed by atoms with Crippen LogP contribution in [0.1, 0.15) is 71.6 Å². The zero-order valence-corrected chi connectivity index (χ0v) is 13.7. The molecule has 0 atom stereocenters. The number of hydrogen-bond acceptors (Lipinski definition) is 1. The maximum Gasteiger partial charge on any atom is 0.0494 e. The molecule has 0 aromatic rings. The molecule has 0 bridgehead atoms. The molecule has 0 aliphatic heterocycles. The first-order chi connectivity index (χ1) is 9.83. The summed E-state index contributed by atoms with van der Waals surface area (Å²) in [5.41, 5.74) is 0. The number of rotatable bonds is 6. The third-order valence-electron chi connectivity index (χ3n) is 5.54. The highest BCUT2D eigenvalue weighted by atomic mass is 16.5. The lowest BCUT2D eigenvalue weighted by atomic mass is 9.69. The Morgan fingerprint density at radius 2 is 1.50 bits per heavy atom. The van der Waals surface area contributed by atoms with Crippen LogP contribution in [0.25, 0.3) is 0 Å². The van der Waals surface area contributed by atoms with Gasteiger partial charge in [-0.05, 0) is 88.4 Å². The van der Waals surface area contributed by atoms with Crippen molar-refractivity contribution in [2.75, 3.05) is 13.2 Å². The summed E-state index contributed by atoms with van der Waals surface area (Å²) in [5, 5.41) is 0. The maximum atomic E-state index is 5.74. The molecule has 2 aliphatic carbocycles. The van der Waals surface area contributed by atoms with E-state index in [1.54, 1.807) is 0 Å². The van der Waals surface area contributed by atoms with Crippen molar-refractivity contribution in [3.8, 4) is 0 Å². The Hall–Kier alpha value is -0.300. The van der Waals surface area contributed by atoms with Gasteiger partial charge in [0.05, 0.1) is 0 Å². The number of hydrogen-bond donors (Lipinski definition) is 0. The highest BCUT2D eigenvalue weighted by molar-refractivity contribution is 4.90. The normalized spacial score (nSPS) is 35.5. The van der Waals surface area contributed by atoms with Gasteiger partial charge in [0, 0.05) is 13.2 Å². The van der Waals surface area contributed by atoms with Gasteiger partial charge in [-0.15, -0.1) is 0 Å².